The number of nitrogens with zero attached hydrogens (tertiary/aromatic N) is 1. The van der Waals surface area contributed by atoms with E-state index in [1.54, 1.807) is 7.11 Å². The number of carbonyl (C=O) groups excluding carboxylic acids is 1. The van der Waals surface area contributed by atoms with Gasteiger partial charge in [0, 0.05) is 43.6 Å². The Morgan fingerprint density at radius 2 is 1.83 bits per heavy atom. The van der Waals surface area contributed by atoms with Gasteiger partial charge >= 0.3 is 0 Å². The lowest BCUT2D eigenvalue weighted by atomic mass is 9.93. The minimum atomic E-state index is 0.105. The monoisotopic (exact) mass is 394 g/mol. The molecule has 1 aliphatic carbocycles. The van der Waals surface area contributed by atoms with Crippen molar-refractivity contribution >= 4 is 5.91 Å². The smallest absolute Gasteiger partial charge is 0.221 e. The number of hydrogen-bond donors (Lipinski definition) is 1. The van der Waals surface area contributed by atoms with Crippen LogP contribution in [0.5, 0.6) is 5.75 Å². The average Bonchev–Trinajstić information content (AvgIpc) is 3.58. The Kier molecular flexibility index (Phi) is 6.16. The number of para-hydroxylation sites is 1. The molecule has 5 heteroatoms. The first-order valence-corrected chi connectivity index (χ1v) is 10.5. The second kappa shape index (κ2) is 8.97. The predicted molar refractivity (Wildman–Crippen MR) is 114 cm³/mol. The molecule has 1 N–H and O–H groups in total. The Balaban J connectivity index is 1.32. The number of methoxy groups -OCH3 is 1. The van der Waals surface area contributed by atoms with Crippen LogP contribution in [0.25, 0.3) is 11.1 Å². The van der Waals surface area contributed by atoms with Crippen LogP contribution >= 0.6 is 0 Å². The molecule has 154 valence electrons. The van der Waals surface area contributed by atoms with Crippen molar-refractivity contribution in [2.24, 2.45) is 0 Å². The molecule has 0 radical (unpaired) electrons. The van der Waals surface area contributed by atoms with Crippen LogP contribution in [-0.4, -0.2) is 57.3 Å². The third kappa shape index (κ3) is 4.80. The molecule has 0 unspecified atom stereocenters. The van der Waals surface area contributed by atoms with Gasteiger partial charge in [0.2, 0.25) is 5.91 Å². The van der Waals surface area contributed by atoms with Gasteiger partial charge < -0.3 is 14.8 Å². The summed E-state index contributed by atoms with van der Waals surface area (Å²) < 4.78 is 10.8. The third-order valence-electron chi connectivity index (χ3n) is 6.15. The van der Waals surface area contributed by atoms with E-state index >= 15 is 0 Å². The van der Waals surface area contributed by atoms with Gasteiger partial charge in [-0.15, -0.1) is 0 Å². The Labute approximate surface area is 173 Å². The molecule has 0 aromatic heterocycles. The lowest BCUT2D eigenvalue weighted by Gasteiger charge is -2.26. The minimum Gasteiger partial charge on any atom is -0.496 e. The lowest BCUT2D eigenvalue weighted by molar-refractivity contribution is -0.121. The second-order valence-electron chi connectivity index (χ2n) is 8.04. The van der Waals surface area contributed by atoms with E-state index in [2.05, 4.69) is 40.5 Å². The summed E-state index contributed by atoms with van der Waals surface area (Å²) >= 11 is 0. The standard InChI is InChI=1S/C24H30N2O3/c1-28-22-5-3-2-4-21(22)19-6-8-20(9-7-19)24(11-12-24)18-25-23(27)10-13-26-14-16-29-17-15-26/h2-9H,10-18H2,1H3,(H,25,27). The molecule has 0 atom stereocenters. The van der Waals surface area contributed by atoms with E-state index in [1.165, 1.54) is 5.56 Å². The van der Waals surface area contributed by atoms with Gasteiger partial charge in [-0.3, -0.25) is 9.69 Å². The molecule has 4 rings (SSSR count). The molecule has 0 bridgehead atoms. The number of hydrogen-bond acceptors (Lipinski definition) is 4. The Bertz CT molecular complexity index is 824. The lowest BCUT2D eigenvalue weighted by Crippen LogP contribution is -2.39. The van der Waals surface area contributed by atoms with Crippen molar-refractivity contribution < 1.29 is 14.3 Å². The molecule has 1 aliphatic heterocycles. The first-order valence-electron chi connectivity index (χ1n) is 10.5. The van der Waals surface area contributed by atoms with Gasteiger partial charge in [-0.2, -0.15) is 0 Å². The number of morpholine rings is 1. The summed E-state index contributed by atoms with van der Waals surface area (Å²) in [6, 6.07) is 16.8. The van der Waals surface area contributed by atoms with Crippen LogP contribution in [0.4, 0.5) is 0 Å². The van der Waals surface area contributed by atoms with Gasteiger partial charge in [0.15, 0.2) is 0 Å². The highest BCUT2D eigenvalue weighted by Crippen LogP contribution is 2.48. The van der Waals surface area contributed by atoms with Crippen LogP contribution < -0.4 is 10.1 Å². The van der Waals surface area contributed by atoms with Crippen molar-refractivity contribution in [3.05, 3.63) is 54.1 Å². The van der Waals surface area contributed by atoms with E-state index in [1.807, 2.05) is 18.2 Å². The van der Waals surface area contributed by atoms with Crippen molar-refractivity contribution in [2.45, 2.75) is 24.7 Å². The Hall–Kier alpha value is -2.37. The summed E-state index contributed by atoms with van der Waals surface area (Å²) in [7, 11) is 1.70. The molecule has 1 saturated carbocycles. The largest absolute Gasteiger partial charge is 0.496 e. The average molecular weight is 395 g/mol. The highest BCUT2D eigenvalue weighted by Gasteiger charge is 2.44. The SMILES string of the molecule is COc1ccccc1-c1ccc(C2(CNC(=O)CCN3CCOCC3)CC2)cc1. The van der Waals surface area contributed by atoms with Gasteiger partial charge in [0.1, 0.15) is 5.75 Å². The first kappa shape index (κ1) is 19.9. The number of benzene rings is 2. The summed E-state index contributed by atoms with van der Waals surface area (Å²) in [4.78, 5) is 14.6. The van der Waals surface area contributed by atoms with Crippen molar-refractivity contribution in [1.82, 2.24) is 10.2 Å². The Morgan fingerprint density at radius 1 is 1.10 bits per heavy atom. The summed E-state index contributed by atoms with van der Waals surface area (Å²) in [5, 5.41) is 3.17. The van der Waals surface area contributed by atoms with Gasteiger partial charge in [0.05, 0.1) is 20.3 Å². The predicted octanol–water partition coefficient (Wildman–Crippen LogP) is 3.23. The van der Waals surface area contributed by atoms with Crippen LogP contribution in [0.1, 0.15) is 24.8 Å². The zero-order valence-electron chi connectivity index (χ0n) is 17.2. The van der Waals surface area contributed by atoms with E-state index in [4.69, 9.17) is 9.47 Å². The molecule has 0 spiro atoms. The second-order valence-corrected chi connectivity index (χ2v) is 8.04. The quantitative estimate of drug-likeness (QED) is 0.747. The molecule has 2 aliphatic rings. The third-order valence-corrected chi connectivity index (χ3v) is 6.15. The number of rotatable bonds is 8. The van der Waals surface area contributed by atoms with E-state index < -0.39 is 0 Å². The maximum absolute atomic E-state index is 12.3. The summed E-state index contributed by atoms with van der Waals surface area (Å²) in [6.45, 7) is 4.94. The number of amides is 1. The van der Waals surface area contributed by atoms with Crippen LogP contribution in [0.3, 0.4) is 0 Å². The van der Waals surface area contributed by atoms with E-state index in [9.17, 15) is 4.79 Å². The van der Waals surface area contributed by atoms with E-state index in [0.717, 1.165) is 69.1 Å². The van der Waals surface area contributed by atoms with Crippen LogP contribution in [0.15, 0.2) is 48.5 Å². The molecule has 1 saturated heterocycles. The maximum atomic E-state index is 12.3. The van der Waals surface area contributed by atoms with Crippen molar-refractivity contribution in [3.63, 3.8) is 0 Å². The van der Waals surface area contributed by atoms with Crippen molar-refractivity contribution in [3.8, 4) is 16.9 Å². The minimum absolute atomic E-state index is 0.105. The fourth-order valence-electron chi connectivity index (χ4n) is 4.05. The number of nitrogens with one attached hydrogen (secondary N) is 1. The molecule has 2 aromatic carbocycles. The maximum Gasteiger partial charge on any atom is 0.221 e. The highest BCUT2D eigenvalue weighted by atomic mass is 16.5. The summed E-state index contributed by atoms with van der Waals surface area (Å²) in [6.07, 6.45) is 2.82. The molecule has 2 fully saturated rings. The molecule has 1 amide bonds. The van der Waals surface area contributed by atoms with Crippen molar-refractivity contribution in [2.75, 3.05) is 46.5 Å². The summed E-state index contributed by atoms with van der Waals surface area (Å²) in [5.41, 5.74) is 3.66. The van der Waals surface area contributed by atoms with Crippen molar-refractivity contribution in [1.29, 1.82) is 0 Å². The zero-order valence-corrected chi connectivity index (χ0v) is 17.2. The van der Waals surface area contributed by atoms with E-state index in [-0.39, 0.29) is 11.3 Å². The fourth-order valence-corrected chi connectivity index (χ4v) is 4.05. The van der Waals surface area contributed by atoms with Crippen LogP contribution in [0.2, 0.25) is 0 Å². The highest BCUT2D eigenvalue weighted by molar-refractivity contribution is 5.76. The summed E-state index contributed by atoms with van der Waals surface area (Å²) in [5.74, 6) is 1.03. The van der Waals surface area contributed by atoms with Crippen LogP contribution in [-0.2, 0) is 14.9 Å². The van der Waals surface area contributed by atoms with Gasteiger partial charge in [0.25, 0.3) is 0 Å². The van der Waals surface area contributed by atoms with E-state index in [0.29, 0.717) is 6.42 Å². The zero-order chi connectivity index (χ0) is 20.1. The van der Waals surface area contributed by atoms with Gasteiger partial charge in [-0.1, -0.05) is 42.5 Å². The molecular formula is C24H30N2O3. The van der Waals surface area contributed by atoms with Gasteiger partial charge in [-0.25, -0.2) is 0 Å². The topological polar surface area (TPSA) is 50.8 Å². The molecule has 1 heterocycles. The number of ether oxygens (including phenoxy) is 2. The van der Waals surface area contributed by atoms with Crippen LogP contribution in [0, 0.1) is 0 Å². The first-order chi connectivity index (χ1) is 14.2. The Morgan fingerprint density at radius 3 is 2.52 bits per heavy atom. The number of carbonyl (C=O) groups is 1. The molecule has 2 aromatic rings. The molecule has 5 nitrogen and oxygen atoms in total. The molecular weight excluding hydrogens is 364 g/mol. The van der Waals surface area contributed by atoms with Gasteiger partial charge in [-0.05, 0) is 30.0 Å². The molecule has 29 heavy (non-hydrogen) atoms. The fraction of sp³-hybridized carbons (Fsp3) is 0.458. The normalized spacial score (nSPS) is 18.2.